The van der Waals surface area contributed by atoms with Crippen molar-refractivity contribution in [3.8, 4) is 0 Å². The minimum atomic E-state index is -0.106. The van der Waals surface area contributed by atoms with Crippen LogP contribution in [0.4, 0.5) is 0 Å². The van der Waals surface area contributed by atoms with Crippen molar-refractivity contribution in [1.82, 2.24) is 9.88 Å². The molecule has 0 saturated carbocycles. The van der Waals surface area contributed by atoms with E-state index in [4.69, 9.17) is 11.6 Å². The third-order valence-corrected chi connectivity index (χ3v) is 4.49. The summed E-state index contributed by atoms with van der Waals surface area (Å²) in [5.74, 6) is -0.106. The highest BCUT2D eigenvalue weighted by atomic mass is 79.9. The summed E-state index contributed by atoms with van der Waals surface area (Å²) in [4.78, 5) is 13.3. The number of nitrogens with zero attached hydrogens (tertiary/aromatic N) is 1. The van der Waals surface area contributed by atoms with Gasteiger partial charge < -0.3 is 9.88 Å². The Kier molecular flexibility index (Phi) is 4.71. The van der Waals surface area contributed by atoms with Crippen LogP contribution in [-0.2, 0) is 6.54 Å². The molecule has 0 fully saturated rings. The van der Waals surface area contributed by atoms with Crippen molar-refractivity contribution in [2.45, 2.75) is 26.4 Å². The van der Waals surface area contributed by atoms with E-state index in [1.54, 1.807) is 23.6 Å². The predicted molar refractivity (Wildman–Crippen MR) is 83.0 cm³/mol. The Morgan fingerprint density at radius 1 is 1.53 bits per heavy atom. The average molecular weight is 362 g/mol. The van der Waals surface area contributed by atoms with Gasteiger partial charge in [-0.25, -0.2) is 0 Å². The van der Waals surface area contributed by atoms with Crippen LogP contribution in [-0.4, -0.2) is 10.5 Å². The zero-order valence-electron chi connectivity index (χ0n) is 10.6. The molecular weight excluding hydrogens is 348 g/mol. The van der Waals surface area contributed by atoms with Crippen LogP contribution in [0, 0.1) is 0 Å². The molecule has 0 atom stereocenters. The van der Waals surface area contributed by atoms with E-state index < -0.39 is 0 Å². The number of nitrogens with one attached hydrogen (secondary N) is 1. The summed E-state index contributed by atoms with van der Waals surface area (Å²) in [6.45, 7) is 4.56. The Hall–Kier alpha value is -0.780. The zero-order chi connectivity index (χ0) is 14.0. The zero-order valence-corrected chi connectivity index (χ0v) is 13.8. The van der Waals surface area contributed by atoms with Gasteiger partial charge in [0, 0.05) is 17.1 Å². The van der Waals surface area contributed by atoms with Crippen molar-refractivity contribution >= 4 is 44.8 Å². The summed E-state index contributed by atoms with van der Waals surface area (Å²) >= 11 is 11.0. The molecule has 2 aromatic heterocycles. The van der Waals surface area contributed by atoms with E-state index in [0.29, 0.717) is 17.3 Å². The molecule has 0 spiro atoms. The van der Waals surface area contributed by atoms with Gasteiger partial charge >= 0.3 is 0 Å². The molecule has 2 aromatic rings. The lowest BCUT2D eigenvalue weighted by atomic mass is 10.3. The normalized spacial score (nSPS) is 11.0. The van der Waals surface area contributed by atoms with Crippen molar-refractivity contribution in [3.63, 3.8) is 0 Å². The molecule has 0 aromatic carbocycles. The molecule has 6 heteroatoms. The van der Waals surface area contributed by atoms with Crippen molar-refractivity contribution < 1.29 is 4.79 Å². The highest BCUT2D eigenvalue weighted by molar-refractivity contribution is 9.11. The van der Waals surface area contributed by atoms with E-state index in [1.165, 1.54) is 0 Å². The first-order valence-electron chi connectivity index (χ1n) is 5.87. The van der Waals surface area contributed by atoms with Gasteiger partial charge in [0.05, 0.1) is 15.4 Å². The van der Waals surface area contributed by atoms with Crippen LogP contribution >= 0.6 is 38.9 Å². The smallest absolute Gasteiger partial charge is 0.268 e. The Labute approximate surface area is 129 Å². The Balaban J connectivity index is 2.07. The third-order valence-electron chi connectivity index (χ3n) is 2.66. The number of halogens is 2. The Morgan fingerprint density at radius 2 is 2.26 bits per heavy atom. The van der Waals surface area contributed by atoms with Crippen LogP contribution in [0.5, 0.6) is 0 Å². The number of carbonyl (C=O) groups is 1. The molecular formula is C13H14BrClN2OS. The van der Waals surface area contributed by atoms with Gasteiger partial charge in [0.15, 0.2) is 0 Å². The number of carbonyl (C=O) groups excluding carboxylic acids is 1. The third kappa shape index (κ3) is 3.61. The molecule has 102 valence electrons. The highest BCUT2D eigenvalue weighted by Crippen LogP contribution is 2.22. The molecule has 19 heavy (non-hydrogen) atoms. The van der Waals surface area contributed by atoms with E-state index in [1.807, 2.05) is 30.5 Å². The van der Waals surface area contributed by atoms with Crippen LogP contribution in [0.2, 0.25) is 5.02 Å². The summed E-state index contributed by atoms with van der Waals surface area (Å²) < 4.78 is 2.94. The van der Waals surface area contributed by atoms with E-state index in [9.17, 15) is 4.79 Å². The lowest BCUT2D eigenvalue weighted by Gasteiger charge is -2.12. The monoisotopic (exact) mass is 360 g/mol. The lowest BCUT2D eigenvalue weighted by molar-refractivity contribution is 0.0940. The molecule has 2 heterocycles. The Morgan fingerprint density at radius 3 is 2.84 bits per heavy atom. The molecule has 0 radical (unpaired) electrons. The summed E-state index contributed by atoms with van der Waals surface area (Å²) in [5, 5.41) is 3.49. The topological polar surface area (TPSA) is 34.0 Å². The minimum absolute atomic E-state index is 0.106. The van der Waals surface area contributed by atoms with Crippen LogP contribution in [0.25, 0.3) is 0 Å². The molecule has 0 aliphatic carbocycles. The van der Waals surface area contributed by atoms with Crippen LogP contribution in [0.1, 0.15) is 35.3 Å². The maximum atomic E-state index is 12.2. The molecule has 3 nitrogen and oxygen atoms in total. The second kappa shape index (κ2) is 6.11. The second-order valence-corrected chi connectivity index (χ2v) is 7.42. The predicted octanol–water partition coefficient (Wildman–Crippen LogP) is 4.48. The fraction of sp³-hybridized carbons (Fsp3) is 0.308. The van der Waals surface area contributed by atoms with E-state index in [2.05, 4.69) is 21.2 Å². The molecule has 1 N–H and O–H groups in total. The number of aromatic nitrogens is 1. The highest BCUT2D eigenvalue weighted by Gasteiger charge is 2.15. The summed E-state index contributed by atoms with van der Waals surface area (Å²) in [6, 6.07) is 5.86. The first kappa shape index (κ1) is 14.6. The van der Waals surface area contributed by atoms with Gasteiger partial charge in [-0.1, -0.05) is 11.6 Å². The first-order chi connectivity index (χ1) is 8.97. The molecule has 2 rings (SSSR count). The summed E-state index contributed by atoms with van der Waals surface area (Å²) in [6.07, 6.45) is 1.78. The van der Waals surface area contributed by atoms with Gasteiger partial charge in [-0.2, -0.15) is 0 Å². The summed E-state index contributed by atoms with van der Waals surface area (Å²) in [7, 11) is 0. The van der Waals surface area contributed by atoms with Gasteiger partial charge in [-0.05, 0) is 48.0 Å². The molecule has 0 aliphatic heterocycles. The second-order valence-electron chi connectivity index (χ2n) is 4.43. The molecule has 0 aliphatic rings. The number of thiophene rings is 1. The maximum Gasteiger partial charge on any atom is 0.268 e. The molecule has 1 amide bonds. The van der Waals surface area contributed by atoms with Crippen molar-refractivity contribution in [2.75, 3.05) is 0 Å². The number of hydrogen-bond donors (Lipinski definition) is 1. The molecule has 0 unspecified atom stereocenters. The van der Waals surface area contributed by atoms with Gasteiger partial charge in [0.25, 0.3) is 5.91 Å². The Bertz CT molecular complexity index is 591. The molecule has 0 saturated heterocycles. The lowest BCUT2D eigenvalue weighted by Crippen LogP contribution is -2.25. The maximum absolute atomic E-state index is 12.2. The van der Waals surface area contributed by atoms with Gasteiger partial charge in [0.2, 0.25) is 0 Å². The number of hydrogen-bond acceptors (Lipinski definition) is 2. The average Bonchev–Trinajstić information content (AvgIpc) is 2.92. The van der Waals surface area contributed by atoms with E-state index >= 15 is 0 Å². The van der Waals surface area contributed by atoms with Crippen LogP contribution in [0.3, 0.4) is 0 Å². The quantitative estimate of drug-likeness (QED) is 0.856. The van der Waals surface area contributed by atoms with Gasteiger partial charge in [-0.15, -0.1) is 11.3 Å². The molecule has 0 bridgehead atoms. The largest absolute Gasteiger partial charge is 0.346 e. The first-order valence-corrected chi connectivity index (χ1v) is 7.86. The minimum Gasteiger partial charge on any atom is -0.346 e. The van der Waals surface area contributed by atoms with Crippen molar-refractivity contribution in [1.29, 1.82) is 0 Å². The van der Waals surface area contributed by atoms with Crippen LogP contribution < -0.4 is 5.32 Å². The van der Waals surface area contributed by atoms with Gasteiger partial charge in [0.1, 0.15) is 5.69 Å². The van der Waals surface area contributed by atoms with Crippen molar-refractivity contribution in [3.05, 3.63) is 43.8 Å². The van der Waals surface area contributed by atoms with E-state index in [-0.39, 0.29) is 11.9 Å². The fourth-order valence-corrected chi connectivity index (χ4v) is 3.39. The summed E-state index contributed by atoms with van der Waals surface area (Å²) in [5.41, 5.74) is 0.593. The standard InChI is InChI=1S/C13H14BrClN2OS/c1-8(2)17-7-9(15)5-11(17)13(18)16-6-10-3-4-12(14)19-10/h3-5,7-8H,6H2,1-2H3,(H,16,18). The van der Waals surface area contributed by atoms with E-state index in [0.717, 1.165) is 8.66 Å². The number of amides is 1. The van der Waals surface area contributed by atoms with Gasteiger partial charge in [-0.3, -0.25) is 4.79 Å². The fourth-order valence-electron chi connectivity index (χ4n) is 1.76. The van der Waals surface area contributed by atoms with Crippen LogP contribution in [0.15, 0.2) is 28.2 Å². The SMILES string of the molecule is CC(C)n1cc(Cl)cc1C(=O)NCc1ccc(Br)s1. The van der Waals surface area contributed by atoms with Crippen molar-refractivity contribution in [2.24, 2.45) is 0 Å². The number of rotatable bonds is 4.